The van der Waals surface area contributed by atoms with E-state index in [2.05, 4.69) is 11.9 Å². The van der Waals surface area contributed by atoms with Gasteiger partial charge in [0.15, 0.2) is 15.0 Å². The van der Waals surface area contributed by atoms with Crippen molar-refractivity contribution in [3.63, 3.8) is 0 Å². The van der Waals surface area contributed by atoms with Gasteiger partial charge in [-0.05, 0) is 30.5 Å². The van der Waals surface area contributed by atoms with Gasteiger partial charge in [0.2, 0.25) is 5.91 Å². The van der Waals surface area contributed by atoms with Gasteiger partial charge in [0, 0.05) is 17.4 Å². The smallest absolute Gasteiger partial charge is 0.303 e. The van der Waals surface area contributed by atoms with Gasteiger partial charge >= 0.3 is 5.97 Å². The minimum atomic E-state index is -3.12. The van der Waals surface area contributed by atoms with Crippen LogP contribution in [0, 0.1) is 0 Å². The van der Waals surface area contributed by atoms with E-state index in [1.807, 2.05) is 29.2 Å². The lowest BCUT2D eigenvalue weighted by Crippen LogP contribution is -2.37. The van der Waals surface area contributed by atoms with Gasteiger partial charge in [-0.2, -0.15) is 4.99 Å². The number of unbranched alkanes of at least 4 members (excludes halogenated alkanes) is 1. The van der Waals surface area contributed by atoms with Crippen LogP contribution in [0.15, 0.2) is 29.3 Å². The number of amides is 1. The average Bonchev–Trinajstić information content (AvgIpc) is 3.09. The molecule has 0 aromatic heterocycles. The van der Waals surface area contributed by atoms with Gasteiger partial charge in [-0.1, -0.05) is 37.2 Å². The molecule has 0 aliphatic carbocycles. The molecule has 2 aliphatic rings. The molecule has 1 aromatic carbocycles. The first-order valence-electron chi connectivity index (χ1n) is 9.37. The molecule has 0 spiro atoms. The molecule has 152 valence electrons. The number of aliphatic imine (C=N–C) groups is 1. The quantitative estimate of drug-likeness (QED) is 0.717. The van der Waals surface area contributed by atoms with E-state index in [9.17, 15) is 18.0 Å². The number of sulfone groups is 1. The fourth-order valence-electron chi connectivity index (χ4n) is 3.45. The summed E-state index contributed by atoms with van der Waals surface area (Å²) in [5.74, 6) is -1.45. The number of carboxylic acids is 1. The first-order valence-corrected chi connectivity index (χ1v) is 12.1. The molecule has 7 nitrogen and oxygen atoms in total. The van der Waals surface area contributed by atoms with Crippen molar-refractivity contribution in [2.45, 2.75) is 50.3 Å². The van der Waals surface area contributed by atoms with Crippen LogP contribution in [0.3, 0.4) is 0 Å². The van der Waals surface area contributed by atoms with Gasteiger partial charge in [-0.3, -0.25) is 9.59 Å². The second-order valence-corrected chi connectivity index (χ2v) is 10.5. The molecule has 2 atom stereocenters. The van der Waals surface area contributed by atoms with Crippen molar-refractivity contribution in [2.75, 3.05) is 16.4 Å². The summed E-state index contributed by atoms with van der Waals surface area (Å²) in [5, 5.41) is 9.04. The highest BCUT2D eigenvalue weighted by atomic mass is 32.2. The number of nitrogens with zero attached hydrogens (tertiary/aromatic N) is 2. The fourth-order valence-corrected chi connectivity index (χ4v) is 7.38. The Kier molecular flexibility index (Phi) is 6.44. The van der Waals surface area contributed by atoms with Crippen LogP contribution in [0.2, 0.25) is 0 Å². The van der Waals surface area contributed by atoms with Crippen molar-refractivity contribution in [1.82, 2.24) is 0 Å². The molecule has 1 aromatic rings. The van der Waals surface area contributed by atoms with Crippen LogP contribution in [0.4, 0.5) is 5.69 Å². The maximum absolute atomic E-state index is 12.1. The van der Waals surface area contributed by atoms with Gasteiger partial charge in [-0.15, -0.1) is 0 Å². The molecule has 2 unspecified atom stereocenters. The van der Waals surface area contributed by atoms with Crippen LogP contribution in [0.5, 0.6) is 0 Å². The third-order valence-corrected chi connectivity index (χ3v) is 8.08. The molecule has 2 fully saturated rings. The Bertz CT molecular complexity index is 880. The van der Waals surface area contributed by atoms with Crippen LogP contribution in [-0.2, 0) is 25.8 Å². The minimum Gasteiger partial charge on any atom is -0.481 e. The summed E-state index contributed by atoms with van der Waals surface area (Å²) >= 11 is 1.30. The fraction of sp³-hybridized carbons (Fsp3) is 0.526. The number of carbonyl (C=O) groups is 2. The van der Waals surface area contributed by atoms with E-state index in [-0.39, 0.29) is 35.6 Å². The summed E-state index contributed by atoms with van der Waals surface area (Å²) in [4.78, 5) is 28.7. The molecule has 0 saturated carbocycles. The number of carboxylic acid groups (broad SMARTS) is 1. The SMILES string of the molecule is CCCCc1ccc(N2C(=NC(=O)CCC(=O)O)SC3CS(=O)(=O)CC32)cc1. The summed E-state index contributed by atoms with van der Waals surface area (Å²) < 4.78 is 24.2. The molecule has 28 heavy (non-hydrogen) atoms. The third kappa shape index (κ3) is 4.94. The predicted octanol–water partition coefficient (Wildman–Crippen LogP) is 2.50. The average molecular weight is 425 g/mol. The van der Waals surface area contributed by atoms with Crippen LogP contribution < -0.4 is 4.90 Å². The first kappa shape index (κ1) is 20.9. The van der Waals surface area contributed by atoms with Crippen LogP contribution in [0.1, 0.15) is 38.2 Å². The number of thioether (sulfide) groups is 1. The zero-order chi connectivity index (χ0) is 20.3. The van der Waals surface area contributed by atoms with E-state index in [1.165, 1.54) is 17.3 Å². The van der Waals surface area contributed by atoms with Crippen molar-refractivity contribution in [3.8, 4) is 0 Å². The molecule has 0 radical (unpaired) electrons. The summed E-state index contributed by atoms with van der Waals surface area (Å²) in [6, 6.07) is 7.67. The Balaban J connectivity index is 1.85. The van der Waals surface area contributed by atoms with Gasteiger partial charge in [0.25, 0.3) is 0 Å². The summed E-state index contributed by atoms with van der Waals surface area (Å²) in [5.41, 5.74) is 2.02. The van der Waals surface area contributed by atoms with Crippen LogP contribution in [-0.4, -0.2) is 53.4 Å². The molecule has 2 saturated heterocycles. The number of carbonyl (C=O) groups excluding carboxylic acids is 1. The number of hydrogen-bond acceptors (Lipinski definition) is 5. The van der Waals surface area contributed by atoms with Crippen molar-refractivity contribution >= 4 is 44.3 Å². The number of fused-ring (bicyclic) bond motifs is 1. The zero-order valence-electron chi connectivity index (χ0n) is 15.7. The van der Waals surface area contributed by atoms with Crippen molar-refractivity contribution < 1.29 is 23.1 Å². The van der Waals surface area contributed by atoms with E-state index in [4.69, 9.17) is 5.11 Å². The summed E-state index contributed by atoms with van der Waals surface area (Å²) in [6.45, 7) is 2.14. The van der Waals surface area contributed by atoms with Crippen LogP contribution in [0.25, 0.3) is 0 Å². The predicted molar refractivity (Wildman–Crippen MR) is 111 cm³/mol. The Morgan fingerprint density at radius 1 is 1.21 bits per heavy atom. The Labute approximate surface area is 169 Å². The van der Waals surface area contributed by atoms with E-state index in [0.717, 1.165) is 24.9 Å². The molecule has 2 aliphatic heterocycles. The van der Waals surface area contributed by atoms with Crippen molar-refractivity contribution in [3.05, 3.63) is 29.8 Å². The molecule has 3 rings (SSSR count). The number of hydrogen-bond donors (Lipinski definition) is 1. The number of aliphatic carboxylic acids is 1. The molecule has 0 bridgehead atoms. The highest BCUT2D eigenvalue weighted by molar-refractivity contribution is 8.16. The molecule has 1 amide bonds. The molecule has 1 N–H and O–H groups in total. The molecular weight excluding hydrogens is 400 g/mol. The number of benzene rings is 1. The lowest BCUT2D eigenvalue weighted by molar-refractivity contribution is -0.138. The van der Waals surface area contributed by atoms with E-state index >= 15 is 0 Å². The normalized spacial score (nSPS) is 24.5. The highest BCUT2D eigenvalue weighted by Crippen LogP contribution is 2.41. The second-order valence-electron chi connectivity index (χ2n) is 7.12. The Hall–Kier alpha value is -1.87. The van der Waals surface area contributed by atoms with Crippen molar-refractivity contribution in [2.24, 2.45) is 4.99 Å². The van der Waals surface area contributed by atoms with E-state index in [0.29, 0.717) is 5.17 Å². The Morgan fingerprint density at radius 3 is 2.57 bits per heavy atom. The Morgan fingerprint density at radius 2 is 1.93 bits per heavy atom. The topological polar surface area (TPSA) is 104 Å². The zero-order valence-corrected chi connectivity index (χ0v) is 17.3. The highest BCUT2D eigenvalue weighted by Gasteiger charge is 2.49. The van der Waals surface area contributed by atoms with Gasteiger partial charge < -0.3 is 10.0 Å². The standard InChI is InChI=1S/C19H24N2O5S2/c1-2-3-4-13-5-7-14(8-6-13)21-15-11-28(25,26)12-16(15)27-19(21)20-17(22)9-10-18(23)24/h5-8,15-16H,2-4,9-12H2,1H3,(H,23,24). The van der Waals surface area contributed by atoms with E-state index in [1.54, 1.807) is 0 Å². The lowest BCUT2D eigenvalue weighted by atomic mass is 10.1. The van der Waals surface area contributed by atoms with Gasteiger partial charge in [-0.25, -0.2) is 8.42 Å². The number of aryl methyl sites for hydroxylation is 1. The molecular formula is C19H24N2O5S2. The minimum absolute atomic E-state index is 0.0323. The molecule has 9 heteroatoms. The number of amidine groups is 1. The number of anilines is 1. The molecule has 2 heterocycles. The first-order chi connectivity index (χ1) is 13.3. The largest absolute Gasteiger partial charge is 0.481 e. The second kappa shape index (κ2) is 8.65. The monoisotopic (exact) mass is 424 g/mol. The third-order valence-electron chi connectivity index (χ3n) is 4.87. The lowest BCUT2D eigenvalue weighted by Gasteiger charge is -2.24. The maximum atomic E-state index is 12.1. The number of rotatable bonds is 7. The summed E-state index contributed by atoms with van der Waals surface area (Å²) in [6.07, 6.45) is 2.76. The maximum Gasteiger partial charge on any atom is 0.303 e. The van der Waals surface area contributed by atoms with Crippen molar-refractivity contribution in [1.29, 1.82) is 0 Å². The van der Waals surface area contributed by atoms with Gasteiger partial charge in [0.1, 0.15) is 0 Å². The van der Waals surface area contributed by atoms with Gasteiger partial charge in [0.05, 0.1) is 24.0 Å². The van der Waals surface area contributed by atoms with E-state index < -0.39 is 21.7 Å². The summed E-state index contributed by atoms with van der Waals surface area (Å²) in [7, 11) is -3.12. The van der Waals surface area contributed by atoms with Crippen LogP contribution >= 0.6 is 11.8 Å².